The van der Waals surface area contributed by atoms with Crippen molar-refractivity contribution in [2.24, 2.45) is 5.73 Å². The first kappa shape index (κ1) is 10.8. The van der Waals surface area contributed by atoms with Crippen molar-refractivity contribution < 1.29 is 9.90 Å². The molecular weight excluding hydrogens is 162 g/mol. The van der Waals surface area contributed by atoms with E-state index in [1.54, 1.807) is 11.8 Å². The van der Waals surface area contributed by atoms with Crippen molar-refractivity contribution in [2.45, 2.75) is 25.8 Å². The standard InChI is InChI=1S/C7H15NO2S/c1-2-11-5-6(8)3-4-7(9)10/h6H,2-5,8H2,1H3,(H,9,10). The van der Waals surface area contributed by atoms with Crippen LogP contribution in [0, 0.1) is 0 Å². The number of nitrogens with two attached hydrogens (primary N) is 1. The summed E-state index contributed by atoms with van der Waals surface area (Å²) < 4.78 is 0. The molecule has 0 heterocycles. The molecule has 0 amide bonds. The van der Waals surface area contributed by atoms with E-state index in [2.05, 4.69) is 6.92 Å². The second kappa shape index (κ2) is 6.49. The number of rotatable bonds is 6. The highest BCUT2D eigenvalue weighted by Crippen LogP contribution is 2.04. The van der Waals surface area contributed by atoms with Gasteiger partial charge in [0.2, 0.25) is 0 Å². The number of carboxylic acids is 1. The Kier molecular flexibility index (Phi) is 6.36. The molecule has 0 aliphatic carbocycles. The van der Waals surface area contributed by atoms with Crippen molar-refractivity contribution in [3.05, 3.63) is 0 Å². The van der Waals surface area contributed by atoms with Gasteiger partial charge in [-0.05, 0) is 12.2 Å². The van der Waals surface area contributed by atoms with Gasteiger partial charge in [0, 0.05) is 18.2 Å². The lowest BCUT2D eigenvalue weighted by Crippen LogP contribution is -2.23. The quantitative estimate of drug-likeness (QED) is 0.633. The van der Waals surface area contributed by atoms with E-state index in [0.29, 0.717) is 6.42 Å². The Morgan fingerprint density at radius 2 is 2.36 bits per heavy atom. The zero-order valence-electron chi connectivity index (χ0n) is 6.75. The SMILES string of the molecule is CCSCC(N)CCC(=O)O. The molecular formula is C7H15NO2S. The minimum Gasteiger partial charge on any atom is -0.481 e. The topological polar surface area (TPSA) is 63.3 Å². The van der Waals surface area contributed by atoms with Crippen molar-refractivity contribution in [1.29, 1.82) is 0 Å². The molecule has 0 aromatic heterocycles. The fourth-order valence-electron chi connectivity index (χ4n) is 0.661. The third kappa shape index (κ3) is 7.68. The van der Waals surface area contributed by atoms with E-state index in [0.717, 1.165) is 11.5 Å². The fraction of sp³-hybridized carbons (Fsp3) is 0.857. The maximum atomic E-state index is 10.1. The normalized spacial score (nSPS) is 12.9. The number of hydrogen-bond acceptors (Lipinski definition) is 3. The third-order valence-corrected chi connectivity index (χ3v) is 2.34. The van der Waals surface area contributed by atoms with Crippen molar-refractivity contribution in [3.8, 4) is 0 Å². The minimum absolute atomic E-state index is 0.0380. The smallest absolute Gasteiger partial charge is 0.303 e. The van der Waals surface area contributed by atoms with Crippen LogP contribution >= 0.6 is 11.8 Å². The molecule has 1 unspecified atom stereocenters. The maximum Gasteiger partial charge on any atom is 0.303 e. The number of hydrogen-bond donors (Lipinski definition) is 2. The summed E-state index contributed by atoms with van der Waals surface area (Å²) in [7, 11) is 0. The first-order valence-corrected chi connectivity index (χ1v) is 4.87. The van der Waals surface area contributed by atoms with Crippen molar-refractivity contribution >= 4 is 17.7 Å². The summed E-state index contributed by atoms with van der Waals surface area (Å²) in [6.07, 6.45) is 0.772. The van der Waals surface area contributed by atoms with Gasteiger partial charge in [0.25, 0.3) is 0 Å². The summed E-state index contributed by atoms with van der Waals surface area (Å²) in [5.41, 5.74) is 5.62. The Hall–Kier alpha value is -0.220. The highest BCUT2D eigenvalue weighted by molar-refractivity contribution is 7.99. The molecule has 3 nitrogen and oxygen atoms in total. The molecule has 11 heavy (non-hydrogen) atoms. The van der Waals surface area contributed by atoms with Crippen LogP contribution in [0.25, 0.3) is 0 Å². The molecule has 0 aliphatic rings. The van der Waals surface area contributed by atoms with Gasteiger partial charge in [0.15, 0.2) is 0 Å². The van der Waals surface area contributed by atoms with E-state index in [4.69, 9.17) is 10.8 Å². The van der Waals surface area contributed by atoms with Crippen LogP contribution in [0.15, 0.2) is 0 Å². The van der Waals surface area contributed by atoms with Gasteiger partial charge in [-0.1, -0.05) is 6.92 Å². The lowest BCUT2D eigenvalue weighted by atomic mass is 10.2. The van der Waals surface area contributed by atoms with Gasteiger partial charge in [0.1, 0.15) is 0 Å². The minimum atomic E-state index is -0.762. The lowest BCUT2D eigenvalue weighted by Gasteiger charge is -2.07. The third-order valence-electron chi connectivity index (χ3n) is 1.27. The van der Waals surface area contributed by atoms with Crippen LogP contribution in [0.1, 0.15) is 19.8 Å². The van der Waals surface area contributed by atoms with Crippen LogP contribution < -0.4 is 5.73 Å². The number of carboxylic acid groups (broad SMARTS) is 1. The van der Waals surface area contributed by atoms with Crippen molar-refractivity contribution in [2.75, 3.05) is 11.5 Å². The molecule has 0 bridgehead atoms. The molecule has 1 atom stereocenters. The lowest BCUT2D eigenvalue weighted by molar-refractivity contribution is -0.137. The summed E-state index contributed by atoms with van der Waals surface area (Å²) >= 11 is 1.75. The van der Waals surface area contributed by atoms with Gasteiger partial charge in [-0.3, -0.25) is 4.79 Å². The van der Waals surface area contributed by atoms with E-state index in [1.165, 1.54) is 0 Å². The van der Waals surface area contributed by atoms with Crippen molar-refractivity contribution in [3.63, 3.8) is 0 Å². The summed E-state index contributed by atoms with van der Waals surface area (Å²) in [5.74, 6) is 1.15. The van der Waals surface area contributed by atoms with Gasteiger partial charge in [-0.2, -0.15) is 11.8 Å². The van der Waals surface area contributed by atoms with Gasteiger partial charge in [0.05, 0.1) is 0 Å². The van der Waals surface area contributed by atoms with Gasteiger partial charge in [-0.25, -0.2) is 0 Å². The fourth-order valence-corrected chi connectivity index (χ4v) is 1.37. The first-order chi connectivity index (χ1) is 5.16. The Labute approximate surface area is 71.3 Å². The Morgan fingerprint density at radius 3 is 2.82 bits per heavy atom. The molecule has 0 aliphatic heterocycles. The van der Waals surface area contributed by atoms with Crippen molar-refractivity contribution in [1.82, 2.24) is 0 Å². The van der Waals surface area contributed by atoms with Crippen LogP contribution in [-0.2, 0) is 4.79 Å². The summed E-state index contributed by atoms with van der Waals surface area (Å²) in [4.78, 5) is 10.1. The second-order valence-corrected chi connectivity index (χ2v) is 3.67. The molecule has 0 rings (SSSR count). The largest absolute Gasteiger partial charge is 0.481 e. The molecule has 4 heteroatoms. The van der Waals surface area contributed by atoms with Crippen LogP contribution in [0.2, 0.25) is 0 Å². The van der Waals surface area contributed by atoms with E-state index < -0.39 is 5.97 Å². The highest BCUT2D eigenvalue weighted by Gasteiger charge is 2.04. The Bertz CT molecular complexity index is 119. The van der Waals surface area contributed by atoms with Crippen LogP contribution in [0.3, 0.4) is 0 Å². The molecule has 3 N–H and O–H groups in total. The predicted molar refractivity (Wildman–Crippen MR) is 47.8 cm³/mol. The van der Waals surface area contributed by atoms with Gasteiger partial charge < -0.3 is 10.8 Å². The number of aliphatic carboxylic acids is 1. The Balaban J connectivity index is 3.22. The van der Waals surface area contributed by atoms with Crippen LogP contribution in [0.4, 0.5) is 0 Å². The highest BCUT2D eigenvalue weighted by atomic mass is 32.2. The second-order valence-electron chi connectivity index (χ2n) is 2.35. The Morgan fingerprint density at radius 1 is 1.73 bits per heavy atom. The van der Waals surface area contributed by atoms with Crippen LogP contribution in [0.5, 0.6) is 0 Å². The molecule has 0 saturated carbocycles. The van der Waals surface area contributed by atoms with E-state index >= 15 is 0 Å². The number of thioether (sulfide) groups is 1. The zero-order chi connectivity index (χ0) is 8.69. The molecule has 0 saturated heterocycles. The van der Waals surface area contributed by atoms with Gasteiger partial charge in [-0.15, -0.1) is 0 Å². The zero-order valence-corrected chi connectivity index (χ0v) is 7.56. The molecule has 0 radical (unpaired) electrons. The molecule has 0 fully saturated rings. The molecule has 66 valence electrons. The number of carbonyl (C=O) groups is 1. The average molecular weight is 177 g/mol. The molecule has 0 aromatic carbocycles. The summed E-state index contributed by atoms with van der Waals surface area (Å²) in [6, 6.07) is 0.0380. The summed E-state index contributed by atoms with van der Waals surface area (Å²) in [5, 5.41) is 8.33. The molecule has 0 spiro atoms. The van der Waals surface area contributed by atoms with E-state index in [-0.39, 0.29) is 12.5 Å². The monoisotopic (exact) mass is 177 g/mol. The first-order valence-electron chi connectivity index (χ1n) is 3.72. The maximum absolute atomic E-state index is 10.1. The summed E-state index contributed by atoms with van der Waals surface area (Å²) in [6.45, 7) is 2.06. The van der Waals surface area contributed by atoms with Gasteiger partial charge >= 0.3 is 5.97 Å². The van der Waals surface area contributed by atoms with Crippen LogP contribution in [-0.4, -0.2) is 28.6 Å². The predicted octanol–water partition coefficient (Wildman–Crippen LogP) is 0.932. The van der Waals surface area contributed by atoms with E-state index in [1.807, 2.05) is 0 Å². The van der Waals surface area contributed by atoms with E-state index in [9.17, 15) is 4.79 Å². The average Bonchev–Trinajstić information content (AvgIpc) is 1.97. The molecule has 0 aromatic rings.